The van der Waals surface area contributed by atoms with Gasteiger partial charge in [0.05, 0.1) is 8.95 Å². The zero-order chi connectivity index (χ0) is 8.43. The maximum atomic E-state index is 3.51. The van der Waals surface area contributed by atoms with Gasteiger partial charge in [-0.25, -0.2) is 4.57 Å². The first-order chi connectivity index (χ1) is 5.15. The molecule has 1 heterocycles. The van der Waals surface area contributed by atoms with E-state index in [2.05, 4.69) is 51.2 Å². The van der Waals surface area contributed by atoms with Gasteiger partial charge in [-0.15, -0.1) is 0 Å². The van der Waals surface area contributed by atoms with Crippen molar-refractivity contribution in [2.24, 2.45) is 7.05 Å². The summed E-state index contributed by atoms with van der Waals surface area (Å²) in [5.74, 6) is 0. The standard InChI is InChI=1S/C8H10Br2N/c1-3-6-7(9)4-11(2)5-8(6)10/h4-5H,3H2,1-2H3/q+1. The summed E-state index contributed by atoms with van der Waals surface area (Å²) in [5.41, 5.74) is 1.32. The van der Waals surface area contributed by atoms with Gasteiger partial charge in [0.25, 0.3) is 0 Å². The van der Waals surface area contributed by atoms with Crippen LogP contribution >= 0.6 is 31.9 Å². The number of rotatable bonds is 1. The largest absolute Gasteiger partial charge is 0.206 e. The molecule has 0 aliphatic carbocycles. The molecule has 0 bridgehead atoms. The first-order valence-corrected chi connectivity index (χ1v) is 5.07. The Bertz CT molecular complexity index is 248. The molecule has 0 unspecified atom stereocenters. The lowest BCUT2D eigenvalue weighted by Gasteiger charge is -2.00. The average molecular weight is 280 g/mol. The van der Waals surface area contributed by atoms with Gasteiger partial charge in [0.2, 0.25) is 0 Å². The Kier molecular flexibility index (Phi) is 3.07. The van der Waals surface area contributed by atoms with Crippen LogP contribution in [0.2, 0.25) is 0 Å². The van der Waals surface area contributed by atoms with Gasteiger partial charge in [-0.2, -0.15) is 0 Å². The Morgan fingerprint density at radius 3 is 2.09 bits per heavy atom. The number of pyridine rings is 1. The number of aryl methyl sites for hydroxylation is 1. The molecule has 0 radical (unpaired) electrons. The Labute approximate surface area is 83.7 Å². The van der Waals surface area contributed by atoms with Crippen LogP contribution in [0.5, 0.6) is 0 Å². The van der Waals surface area contributed by atoms with E-state index in [1.165, 1.54) is 5.56 Å². The van der Waals surface area contributed by atoms with Crippen molar-refractivity contribution in [2.75, 3.05) is 0 Å². The molecule has 0 atom stereocenters. The summed E-state index contributed by atoms with van der Waals surface area (Å²) in [6, 6.07) is 0. The van der Waals surface area contributed by atoms with Crippen LogP contribution in [0.4, 0.5) is 0 Å². The third-order valence-electron chi connectivity index (χ3n) is 1.56. The minimum Gasteiger partial charge on any atom is -0.206 e. The predicted molar refractivity (Wildman–Crippen MR) is 52.4 cm³/mol. The lowest BCUT2D eigenvalue weighted by Crippen LogP contribution is -2.27. The van der Waals surface area contributed by atoms with Crippen LogP contribution in [0, 0.1) is 0 Å². The van der Waals surface area contributed by atoms with Crippen molar-refractivity contribution in [3.8, 4) is 0 Å². The van der Waals surface area contributed by atoms with Gasteiger partial charge in [-0.05, 0) is 43.8 Å². The summed E-state index contributed by atoms with van der Waals surface area (Å²) in [5, 5.41) is 0. The molecule has 0 saturated heterocycles. The molecule has 0 aromatic carbocycles. The van der Waals surface area contributed by atoms with Crippen molar-refractivity contribution in [1.29, 1.82) is 0 Å². The Hall–Kier alpha value is 0.110. The minimum atomic E-state index is 1.04. The van der Waals surface area contributed by atoms with Crippen molar-refractivity contribution in [3.05, 3.63) is 26.9 Å². The van der Waals surface area contributed by atoms with Crippen molar-refractivity contribution < 1.29 is 4.57 Å². The van der Waals surface area contributed by atoms with Gasteiger partial charge in [0.15, 0.2) is 12.4 Å². The Balaban J connectivity index is 3.25. The lowest BCUT2D eigenvalue weighted by atomic mass is 10.2. The number of halogens is 2. The molecule has 0 N–H and O–H groups in total. The second-order valence-electron chi connectivity index (χ2n) is 2.45. The average Bonchev–Trinajstić information content (AvgIpc) is 1.85. The van der Waals surface area contributed by atoms with Crippen LogP contribution in [0.25, 0.3) is 0 Å². The van der Waals surface area contributed by atoms with E-state index in [9.17, 15) is 0 Å². The molecule has 1 nitrogen and oxygen atoms in total. The molecule has 60 valence electrons. The van der Waals surface area contributed by atoms with Gasteiger partial charge >= 0.3 is 0 Å². The van der Waals surface area contributed by atoms with Crippen LogP contribution in [0.15, 0.2) is 21.3 Å². The van der Waals surface area contributed by atoms with E-state index in [0.717, 1.165) is 15.4 Å². The van der Waals surface area contributed by atoms with E-state index in [1.807, 2.05) is 11.6 Å². The second kappa shape index (κ2) is 3.68. The highest BCUT2D eigenvalue weighted by atomic mass is 79.9. The normalized spacial score (nSPS) is 10.2. The monoisotopic (exact) mass is 278 g/mol. The summed E-state index contributed by atoms with van der Waals surface area (Å²) in [6.45, 7) is 2.14. The molecule has 0 aliphatic heterocycles. The number of aromatic nitrogens is 1. The van der Waals surface area contributed by atoms with Gasteiger partial charge in [0, 0.05) is 0 Å². The highest BCUT2D eigenvalue weighted by Gasteiger charge is 2.07. The fourth-order valence-electron chi connectivity index (χ4n) is 1.00. The Morgan fingerprint density at radius 2 is 1.73 bits per heavy atom. The zero-order valence-electron chi connectivity index (χ0n) is 6.56. The summed E-state index contributed by atoms with van der Waals surface area (Å²) in [4.78, 5) is 0. The van der Waals surface area contributed by atoms with Crippen LogP contribution in [0.1, 0.15) is 12.5 Å². The highest BCUT2D eigenvalue weighted by molar-refractivity contribution is 9.11. The molecular weight excluding hydrogens is 270 g/mol. The Morgan fingerprint density at radius 1 is 1.27 bits per heavy atom. The van der Waals surface area contributed by atoms with Gasteiger partial charge in [-0.1, -0.05) is 6.92 Å². The first-order valence-electron chi connectivity index (χ1n) is 3.48. The molecule has 1 rings (SSSR count). The maximum absolute atomic E-state index is 3.51. The van der Waals surface area contributed by atoms with E-state index in [-0.39, 0.29) is 0 Å². The molecule has 3 heteroatoms. The minimum absolute atomic E-state index is 1.04. The van der Waals surface area contributed by atoms with Crippen LogP contribution < -0.4 is 4.57 Å². The fourth-order valence-corrected chi connectivity index (χ4v) is 2.90. The van der Waals surface area contributed by atoms with Crippen molar-refractivity contribution >= 4 is 31.9 Å². The van der Waals surface area contributed by atoms with E-state index >= 15 is 0 Å². The maximum Gasteiger partial charge on any atom is 0.183 e. The molecule has 0 amide bonds. The SMILES string of the molecule is CCc1c(Br)c[n+](C)cc1Br. The summed E-state index contributed by atoms with van der Waals surface area (Å²) < 4.78 is 4.35. The van der Waals surface area contributed by atoms with Gasteiger partial charge in [0.1, 0.15) is 7.05 Å². The molecule has 0 fully saturated rings. The molecule has 0 aliphatic rings. The number of nitrogens with zero attached hydrogens (tertiary/aromatic N) is 1. The summed E-state index contributed by atoms with van der Waals surface area (Å²) >= 11 is 7.01. The van der Waals surface area contributed by atoms with E-state index in [4.69, 9.17) is 0 Å². The number of hydrogen-bond acceptors (Lipinski definition) is 0. The lowest BCUT2D eigenvalue weighted by molar-refractivity contribution is -0.672. The molecule has 0 spiro atoms. The predicted octanol–water partition coefficient (Wildman–Crippen LogP) is 2.60. The molecule has 1 aromatic rings. The third kappa shape index (κ3) is 2.03. The fraction of sp³-hybridized carbons (Fsp3) is 0.375. The van der Waals surface area contributed by atoms with Gasteiger partial charge in [-0.3, -0.25) is 0 Å². The van der Waals surface area contributed by atoms with Crippen LogP contribution in [-0.2, 0) is 13.5 Å². The van der Waals surface area contributed by atoms with Crippen molar-refractivity contribution in [1.82, 2.24) is 0 Å². The van der Waals surface area contributed by atoms with Crippen molar-refractivity contribution in [3.63, 3.8) is 0 Å². The smallest absolute Gasteiger partial charge is 0.183 e. The molecule has 0 saturated carbocycles. The van der Waals surface area contributed by atoms with E-state index < -0.39 is 0 Å². The van der Waals surface area contributed by atoms with E-state index in [1.54, 1.807) is 0 Å². The highest BCUT2D eigenvalue weighted by Crippen LogP contribution is 2.22. The van der Waals surface area contributed by atoms with Crippen molar-refractivity contribution in [2.45, 2.75) is 13.3 Å². The number of hydrogen-bond donors (Lipinski definition) is 0. The van der Waals surface area contributed by atoms with Gasteiger partial charge < -0.3 is 0 Å². The first kappa shape index (κ1) is 9.20. The second-order valence-corrected chi connectivity index (χ2v) is 4.16. The summed E-state index contributed by atoms with van der Waals surface area (Å²) in [6.07, 6.45) is 5.16. The molecule has 1 aromatic heterocycles. The topological polar surface area (TPSA) is 3.88 Å². The zero-order valence-corrected chi connectivity index (χ0v) is 9.74. The van der Waals surface area contributed by atoms with Crippen LogP contribution in [0.3, 0.4) is 0 Å². The quantitative estimate of drug-likeness (QED) is 0.696. The molecule has 11 heavy (non-hydrogen) atoms. The van der Waals surface area contributed by atoms with Crippen LogP contribution in [-0.4, -0.2) is 0 Å². The summed E-state index contributed by atoms with van der Waals surface area (Å²) in [7, 11) is 2.01. The third-order valence-corrected chi connectivity index (χ3v) is 2.93. The van der Waals surface area contributed by atoms with E-state index in [0.29, 0.717) is 0 Å². The molecular formula is C8H10Br2N+.